The van der Waals surface area contributed by atoms with E-state index in [4.69, 9.17) is 9.47 Å². The Kier molecular flexibility index (Phi) is 13.8. The lowest BCUT2D eigenvalue weighted by Gasteiger charge is -2.30. The van der Waals surface area contributed by atoms with Gasteiger partial charge in [0.2, 0.25) is 0 Å². The summed E-state index contributed by atoms with van der Waals surface area (Å²) >= 11 is 0. The van der Waals surface area contributed by atoms with Gasteiger partial charge in [0.15, 0.2) is 5.78 Å². The van der Waals surface area contributed by atoms with Crippen LogP contribution in [0.2, 0.25) is 0 Å². The van der Waals surface area contributed by atoms with Gasteiger partial charge in [0.05, 0.1) is 7.11 Å². The highest BCUT2D eigenvalue weighted by Gasteiger charge is 2.20. The normalized spacial score (nSPS) is 10.9. The number of hydrogen-bond acceptors (Lipinski definition) is 7. The van der Waals surface area contributed by atoms with Gasteiger partial charge < -0.3 is 29.5 Å². The Hall–Kier alpha value is -9.33. The van der Waals surface area contributed by atoms with Crippen molar-refractivity contribution in [1.82, 2.24) is 0 Å². The minimum absolute atomic E-state index is 0.0288. The average Bonchev–Trinajstić information content (AvgIpc) is 3.42. The zero-order valence-corrected chi connectivity index (χ0v) is 41.7. The number of carbonyl (C=O) groups excluding carboxylic acids is 1. The molecule has 0 spiro atoms. The molecule has 0 aliphatic carbocycles. The van der Waals surface area contributed by atoms with Gasteiger partial charge in [-0.2, -0.15) is 0 Å². The summed E-state index contributed by atoms with van der Waals surface area (Å²) in [5.74, 6) is 2.02. The third-order valence-electron chi connectivity index (χ3n) is 12.8. The molecule has 0 bridgehead atoms. The maximum atomic E-state index is 13.3. The topological polar surface area (TPSA) is 57.3 Å². The van der Waals surface area contributed by atoms with Gasteiger partial charge in [-0.3, -0.25) is 4.79 Å². The van der Waals surface area contributed by atoms with Crippen molar-refractivity contribution in [3.63, 3.8) is 0 Å². The first-order valence-electron chi connectivity index (χ1n) is 24.5. The van der Waals surface area contributed by atoms with Gasteiger partial charge in [-0.15, -0.1) is 0 Å². The maximum Gasteiger partial charge on any atom is 0.193 e. The van der Waals surface area contributed by atoms with Crippen LogP contribution >= 0.6 is 0 Å². The van der Waals surface area contributed by atoms with Crippen molar-refractivity contribution in [2.75, 3.05) is 27.1 Å². The predicted octanol–water partition coefficient (Wildman–Crippen LogP) is 18.1. The molecule has 0 aromatic heterocycles. The molecule has 0 heterocycles. The van der Waals surface area contributed by atoms with Crippen molar-refractivity contribution >= 4 is 68.3 Å². The fourth-order valence-electron chi connectivity index (χ4n) is 8.85. The molecular formula is C66H56N4O3. The molecule has 10 aromatic carbocycles. The number of ketones is 1. The summed E-state index contributed by atoms with van der Waals surface area (Å²) in [6.45, 7) is 8.33. The van der Waals surface area contributed by atoms with E-state index in [9.17, 15) is 4.79 Å². The summed E-state index contributed by atoms with van der Waals surface area (Å²) in [6.07, 6.45) is 0. The molecule has 73 heavy (non-hydrogen) atoms. The molecule has 1 N–H and O–H groups in total. The summed E-state index contributed by atoms with van der Waals surface area (Å²) in [5.41, 5.74) is 17.0. The molecule has 0 aliphatic rings. The number of benzene rings is 10. The lowest BCUT2D eigenvalue weighted by molar-refractivity contribution is 0.103. The largest absolute Gasteiger partial charge is 0.497 e. The molecule has 0 unspecified atom stereocenters. The first kappa shape index (κ1) is 47.4. The zero-order valence-electron chi connectivity index (χ0n) is 41.7. The van der Waals surface area contributed by atoms with E-state index in [1.54, 1.807) is 7.11 Å². The van der Waals surface area contributed by atoms with E-state index in [0.717, 1.165) is 73.9 Å². The summed E-state index contributed by atoms with van der Waals surface area (Å²) in [7, 11) is 1.70. The Morgan fingerprint density at radius 2 is 0.630 bits per heavy atom. The van der Waals surface area contributed by atoms with E-state index >= 15 is 0 Å². The predicted molar refractivity (Wildman–Crippen MR) is 302 cm³/mol. The van der Waals surface area contributed by atoms with Crippen LogP contribution in [-0.2, 0) is 0 Å². The minimum Gasteiger partial charge on any atom is -0.497 e. The second-order valence-electron chi connectivity index (χ2n) is 18.3. The molecule has 0 fully saturated rings. The molecule has 0 amide bonds. The van der Waals surface area contributed by atoms with Gasteiger partial charge in [-0.1, -0.05) is 95.1 Å². The van der Waals surface area contributed by atoms with Crippen molar-refractivity contribution in [3.05, 3.63) is 276 Å². The van der Waals surface area contributed by atoms with Crippen molar-refractivity contribution in [3.8, 4) is 17.2 Å². The molecule has 0 saturated heterocycles. The molecule has 0 atom stereocenters. The number of rotatable bonds is 16. The summed E-state index contributed by atoms with van der Waals surface area (Å²) in [5, 5.41) is 3.55. The van der Waals surface area contributed by atoms with E-state index in [-0.39, 0.29) is 5.78 Å². The monoisotopic (exact) mass is 952 g/mol. The van der Waals surface area contributed by atoms with Crippen molar-refractivity contribution in [2.24, 2.45) is 0 Å². The molecule has 358 valence electrons. The average molecular weight is 953 g/mol. The van der Waals surface area contributed by atoms with Crippen LogP contribution in [0.3, 0.4) is 0 Å². The molecular weight excluding hydrogens is 897 g/mol. The molecule has 0 radical (unpaired) electrons. The van der Waals surface area contributed by atoms with Crippen LogP contribution < -0.4 is 29.5 Å². The van der Waals surface area contributed by atoms with Crippen LogP contribution in [0.15, 0.2) is 243 Å². The lowest BCUT2D eigenvalue weighted by atomic mass is 10.0. The SMILES string of the molecule is COc1cccc(N(c2ccc(N(c3ccc(C)cc3)c3ccc(C)cc3)cc2)c2ccc(N(c3ccc(Nc4ccc(C)cc4)cc3)c3cccc(Oc4ccc(C(=O)c5ccc(C)cc5)cc4)c3)cc2)c1. The van der Waals surface area contributed by atoms with Crippen LogP contribution in [0.4, 0.5) is 62.6 Å². The fraction of sp³-hybridized carbons (Fsp3) is 0.0758. The molecule has 10 aromatic rings. The first-order valence-corrected chi connectivity index (χ1v) is 24.5. The third-order valence-corrected chi connectivity index (χ3v) is 12.8. The Morgan fingerprint density at radius 1 is 0.329 bits per heavy atom. The maximum absolute atomic E-state index is 13.3. The van der Waals surface area contributed by atoms with E-state index in [2.05, 4.69) is 205 Å². The number of nitrogens with one attached hydrogen (secondary N) is 1. The summed E-state index contributed by atoms with van der Waals surface area (Å²) < 4.78 is 12.2. The zero-order chi connectivity index (χ0) is 50.3. The highest BCUT2D eigenvalue weighted by Crippen LogP contribution is 2.43. The number of carbonyl (C=O) groups is 1. The Balaban J connectivity index is 0.988. The van der Waals surface area contributed by atoms with Crippen molar-refractivity contribution in [2.45, 2.75) is 27.7 Å². The fourth-order valence-corrected chi connectivity index (χ4v) is 8.85. The van der Waals surface area contributed by atoms with E-state index in [1.165, 1.54) is 16.7 Å². The van der Waals surface area contributed by atoms with Crippen LogP contribution in [0, 0.1) is 27.7 Å². The number of methoxy groups -OCH3 is 1. The lowest BCUT2D eigenvalue weighted by Crippen LogP contribution is -2.13. The minimum atomic E-state index is -0.0288. The van der Waals surface area contributed by atoms with E-state index in [0.29, 0.717) is 22.6 Å². The van der Waals surface area contributed by atoms with Gasteiger partial charge in [-0.05, 0) is 185 Å². The Bertz CT molecular complexity index is 3400. The number of ether oxygens (including phenoxy) is 2. The molecule has 10 rings (SSSR count). The summed E-state index contributed by atoms with van der Waals surface area (Å²) in [6, 6.07) is 82.7. The quantitative estimate of drug-likeness (QED) is 0.0969. The van der Waals surface area contributed by atoms with Crippen LogP contribution in [0.1, 0.15) is 38.2 Å². The number of anilines is 11. The van der Waals surface area contributed by atoms with Gasteiger partial charge in [0, 0.05) is 85.8 Å². The smallest absolute Gasteiger partial charge is 0.193 e. The van der Waals surface area contributed by atoms with E-state index in [1.807, 2.05) is 85.8 Å². The second kappa shape index (κ2) is 21.3. The van der Waals surface area contributed by atoms with E-state index < -0.39 is 0 Å². The second-order valence-corrected chi connectivity index (χ2v) is 18.3. The van der Waals surface area contributed by atoms with Crippen LogP contribution in [0.5, 0.6) is 17.2 Å². The standard InChI is InChI=1S/C66H56N4O3/c1-46-12-20-50(21-13-46)66(71)51-22-42-63(43-23-51)73-65-11-7-9-62(45-65)69(56-32-26-53(27-33-56)67-52-24-14-47(2)15-25-52)58-38-40-60(41-39-58)70(61-8-6-10-64(44-61)72-5)59-36-34-57(35-37-59)68(54-28-16-48(3)17-29-54)55-30-18-49(4)19-31-55/h6-45,67H,1-5H3. The van der Waals surface area contributed by atoms with Crippen molar-refractivity contribution in [1.29, 1.82) is 0 Å². The highest BCUT2D eigenvalue weighted by molar-refractivity contribution is 6.09. The van der Waals surface area contributed by atoms with Gasteiger partial charge in [0.1, 0.15) is 17.2 Å². The molecule has 0 saturated carbocycles. The van der Waals surface area contributed by atoms with Crippen LogP contribution in [-0.4, -0.2) is 12.9 Å². The first-order chi connectivity index (χ1) is 35.6. The molecule has 7 nitrogen and oxygen atoms in total. The Morgan fingerprint density at radius 3 is 1.04 bits per heavy atom. The van der Waals surface area contributed by atoms with Crippen molar-refractivity contribution < 1.29 is 14.3 Å². The van der Waals surface area contributed by atoms with Gasteiger partial charge >= 0.3 is 0 Å². The Labute approximate surface area is 428 Å². The van der Waals surface area contributed by atoms with Gasteiger partial charge in [-0.25, -0.2) is 0 Å². The number of nitrogens with zero attached hydrogens (tertiary/aromatic N) is 3. The number of hydrogen-bond donors (Lipinski definition) is 1. The third kappa shape index (κ3) is 11.0. The van der Waals surface area contributed by atoms with Crippen LogP contribution in [0.25, 0.3) is 0 Å². The molecule has 7 heteroatoms. The molecule has 0 aliphatic heterocycles. The summed E-state index contributed by atoms with van der Waals surface area (Å²) in [4.78, 5) is 20.0. The number of aryl methyl sites for hydroxylation is 4. The van der Waals surface area contributed by atoms with Gasteiger partial charge in [0.25, 0.3) is 0 Å². The highest BCUT2D eigenvalue weighted by atomic mass is 16.5.